The first-order valence-electron chi connectivity index (χ1n) is 6.06. The normalized spacial score (nSPS) is 10.5. The molecule has 1 nitrogen and oxygen atoms in total. The van der Waals surface area contributed by atoms with E-state index < -0.39 is 0 Å². The lowest BCUT2D eigenvalue weighted by atomic mass is 10.1. The summed E-state index contributed by atoms with van der Waals surface area (Å²) in [6.45, 7) is 1.64. The molecule has 3 heteroatoms. The molecule has 0 radical (unpaired) electrons. The fraction of sp³-hybridized carbons (Fsp3) is 0.500. The molecule has 0 saturated heterocycles. The summed E-state index contributed by atoms with van der Waals surface area (Å²) < 4.78 is 1.14. The second-order valence-corrected chi connectivity index (χ2v) is 6.32. The number of hydrogen-bond donors (Lipinski definition) is 0. The Morgan fingerprint density at radius 3 is 2.41 bits per heavy atom. The van der Waals surface area contributed by atoms with E-state index >= 15 is 0 Å². The van der Waals surface area contributed by atoms with Gasteiger partial charge in [0.25, 0.3) is 0 Å². The molecule has 0 saturated carbocycles. The summed E-state index contributed by atoms with van der Waals surface area (Å²) in [7, 11) is 0. The SMILES string of the molecule is CC(=O)SCCCCCCc1ccc(Br)cc1. The van der Waals surface area contributed by atoms with Crippen LogP contribution in [0.15, 0.2) is 28.7 Å². The molecule has 0 spiro atoms. The molecule has 0 aromatic heterocycles. The number of benzene rings is 1. The Kier molecular flexibility index (Phi) is 7.62. The molecule has 0 bridgehead atoms. The quantitative estimate of drug-likeness (QED) is 0.670. The van der Waals surface area contributed by atoms with Gasteiger partial charge >= 0.3 is 0 Å². The van der Waals surface area contributed by atoms with Crippen LogP contribution in [0.2, 0.25) is 0 Å². The van der Waals surface area contributed by atoms with Crippen molar-refractivity contribution in [3.63, 3.8) is 0 Å². The van der Waals surface area contributed by atoms with E-state index in [1.165, 1.54) is 36.6 Å². The van der Waals surface area contributed by atoms with Gasteiger partial charge in [-0.3, -0.25) is 4.79 Å². The maximum Gasteiger partial charge on any atom is 0.185 e. The minimum absolute atomic E-state index is 0.236. The van der Waals surface area contributed by atoms with Crippen molar-refractivity contribution in [1.82, 2.24) is 0 Å². The molecule has 0 aliphatic heterocycles. The highest BCUT2D eigenvalue weighted by Crippen LogP contribution is 2.14. The molecule has 94 valence electrons. The van der Waals surface area contributed by atoms with E-state index in [0.717, 1.165) is 23.1 Å². The molecule has 0 heterocycles. The first kappa shape index (κ1) is 14.8. The second kappa shape index (κ2) is 8.76. The van der Waals surface area contributed by atoms with Gasteiger partial charge < -0.3 is 0 Å². The number of carbonyl (C=O) groups excluding carboxylic acids is 1. The highest BCUT2D eigenvalue weighted by Gasteiger charge is 1.96. The van der Waals surface area contributed by atoms with E-state index in [0.29, 0.717) is 0 Å². The molecule has 1 aromatic carbocycles. The third kappa shape index (κ3) is 7.61. The van der Waals surface area contributed by atoms with Gasteiger partial charge in [0.15, 0.2) is 5.12 Å². The third-order valence-electron chi connectivity index (χ3n) is 2.58. The zero-order chi connectivity index (χ0) is 12.5. The molecular weight excluding hydrogens is 296 g/mol. The van der Waals surface area contributed by atoms with Crippen molar-refractivity contribution in [2.24, 2.45) is 0 Å². The van der Waals surface area contributed by atoms with Crippen molar-refractivity contribution >= 4 is 32.8 Å². The lowest BCUT2D eigenvalue weighted by Gasteiger charge is -2.02. The first-order valence-corrected chi connectivity index (χ1v) is 7.84. The number of hydrogen-bond acceptors (Lipinski definition) is 2. The molecular formula is C14H19BrOS. The first-order chi connectivity index (χ1) is 8.18. The molecule has 1 rings (SSSR count). The highest BCUT2D eigenvalue weighted by atomic mass is 79.9. The zero-order valence-electron chi connectivity index (χ0n) is 10.2. The van der Waals surface area contributed by atoms with Gasteiger partial charge in [0.2, 0.25) is 0 Å². The van der Waals surface area contributed by atoms with Crippen molar-refractivity contribution < 1.29 is 4.79 Å². The lowest BCUT2D eigenvalue weighted by molar-refractivity contribution is -0.109. The van der Waals surface area contributed by atoms with Crippen molar-refractivity contribution in [1.29, 1.82) is 0 Å². The van der Waals surface area contributed by atoms with Gasteiger partial charge in [-0.05, 0) is 37.0 Å². The molecule has 17 heavy (non-hydrogen) atoms. The third-order valence-corrected chi connectivity index (χ3v) is 4.01. The Morgan fingerprint density at radius 1 is 1.12 bits per heavy atom. The van der Waals surface area contributed by atoms with E-state index in [2.05, 4.69) is 40.2 Å². The van der Waals surface area contributed by atoms with Gasteiger partial charge in [-0.1, -0.05) is 52.7 Å². The maximum atomic E-state index is 10.7. The van der Waals surface area contributed by atoms with E-state index in [-0.39, 0.29) is 5.12 Å². The topological polar surface area (TPSA) is 17.1 Å². The molecule has 0 unspecified atom stereocenters. The molecule has 0 N–H and O–H groups in total. The van der Waals surface area contributed by atoms with Crippen LogP contribution >= 0.6 is 27.7 Å². The van der Waals surface area contributed by atoms with Crippen LogP contribution in [-0.4, -0.2) is 10.9 Å². The Morgan fingerprint density at radius 2 is 1.76 bits per heavy atom. The average Bonchev–Trinajstić information content (AvgIpc) is 2.30. The van der Waals surface area contributed by atoms with Gasteiger partial charge in [-0.25, -0.2) is 0 Å². The number of unbranched alkanes of at least 4 members (excludes halogenated alkanes) is 3. The lowest BCUT2D eigenvalue weighted by Crippen LogP contribution is -1.89. The van der Waals surface area contributed by atoms with Crippen molar-refractivity contribution in [3.05, 3.63) is 34.3 Å². The van der Waals surface area contributed by atoms with Gasteiger partial charge in [-0.2, -0.15) is 0 Å². The van der Waals surface area contributed by atoms with E-state index in [4.69, 9.17) is 0 Å². The monoisotopic (exact) mass is 314 g/mol. The van der Waals surface area contributed by atoms with Crippen molar-refractivity contribution in [2.75, 3.05) is 5.75 Å². The summed E-state index contributed by atoms with van der Waals surface area (Å²) in [6.07, 6.45) is 6.05. The van der Waals surface area contributed by atoms with Crippen LogP contribution in [0.5, 0.6) is 0 Å². The summed E-state index contributed by atoms with van der Waals surface area (Å²) in [5.74, 6) is 0.980. The van der Waals surface area contributed by atoms with Crippen LogP contribution in [0, 0.1) is 0 Å². The summed E-state index contributed by atoms with van der Waals surface area (Å²) in [4.78, 5) is 10.7. The molecule has 0 aliphatic rings. The average molecular weight is 315 g/mol. The number of carbonyl (C=O) groups is 1. The molecule has 0 fully saturated rings. The minimum atomic E-state index is 0.236. The van der Waals surface area contributed by atoms with E-state index in [9.17, 15) is 4.79 Å². The van der Waals surface area contributed by atoms with Crippen LogP contribution in [0.3, 0.4) is 0 Å². The van der Waals surface area contributed by atoms with Gasteiger partial charge in [0, 0.05) is 17.1 Å². The number of halogens is 1. The second-order valence-electron chi connectivity index (χ2n) is 4.13. The Hall–Kier alpha value is -0.280. The van der Waals surface area contributed by atoms with Crippen LogP contribution in [-0.2, 0) is 11.2 Å². The van der Waals surface area contributed by atoms with Crippen molar-refractivity contribution in [3.8, 4) is 0 Å². The fourth-order valence-electron chi connectivity index (χ4n) is 1.65. The Labute approximate surface area is 117 Å². The summed E-state index contributed by atoms with van der Waals surface area (Å²) in [5, 5.41) is 0.236. The van der Waals surface area contributed by atoms with Gasteiger partial charge in [0.1, 0.15) is 0 Å². The van der Waals surface area contributed by atoms with E-state index in [1.54, 1.807) is 6.92 Å². The van der Waals surface area contributed by atoms with Crippen molar-refractivity contribution in [2.45, 2.75) is 39.0 Å². The van der Waals surface area contributed by atoms with Crippen LogP contribution < -0.4 is 0 Å². The predicted octanol–water partition coefficient (Wildman–Crippen LogP) is 4.83. The summed E-state index contributed by atoms with van der Waals surface area (Å²) >= 11 is 4.88. The van der Waals surface area contributed by atoms with Gasteiger partial charge in [0.05, 0.1) is 0 Å². The Balaban J connectivity index is 2.01. The number of aryl methyl sites for hydroxylation is 1. The molecule has 0 atom stereocenters. The van der Waals surface area contributed by atoms with E-state index in [1.807, 2.05) is 0 Å². The van der Waals surface area contributed by atoms with Gasteiger partial charge in [-0.15, -0.1) is 0 Å². The largest absolute Gasteiger partial charge is 0.288 e. The predicted molar refractivity (Wildman–Crippen MR) is 79.5 cm³/mol. The minimum Gasteiger partial charge on any atom is -0.288 e. The number of rotatable bonds is 7. The maximum absolute atomic E-state index is 10.7. The smallest absolute Gasteiger partial charge is 0.185 e. The highest BCUT2D eigenvalue weighted by molar-refractivity contribution is 9.10. The molecule has 1 aromatic rings. The Bertz CT molecular complexity index is 335. The summed E-state index contributed by atoms with van der Waals surface area (Å²) in [5.41, 5.74) is 1.41. The van der Waals surface area contributed by atoms with Crippen LogP contribution in [0.4, 0.5) is 0 Å². The summed E-state index contributed by atoms with van der Waals surface area (Å²) in [6, 6.07) is 8.54. The molecule has 0 amide bonds. The fourth-order valence-corrected chi connectivity index (χ4v) is 2.55. The standard InChI is InChI=1S/C14H19BrOS/c1-12(16)17-11-5-3-2-4-6-13-7-9-14(15)10-8-13/h7-10H,2-6,11H2,1H3. The van der Waals surface area contributed by atoms with Crippen LogP contribution in [0.1, 0.15) is 38.2 Å². The molecule has 0 aliphatic carbocycles. The number of thioether (sulfide) groups is 1. The zero-order valence-corrected chi connectivity index (χ0v) is 12.6. The van der Waals surface area contributed by atoms with Crippen LogP contribution in [0.25, 0.3) is 0 Å².